The SMILES string of the molecule is C#CCN1CCCCC1C(=O)NCC(c1cccc(Cl)c1)N1CCCC1. The van der Waals surface area contributed by atoms with Crippen molar-refractivity contribution in [3.05, 3.63) is 34.9 Å². The molecule has 0 spiro atoms. The fourth-order valence-corrected chi connectivity index (χ4v) is 4.33. The Balaban J connectivity index is 1.67. The second-order valence-corrected chi connectivity index (χ2v) is 7.68. The average molecular weight is 374 g/mol. The first-order valence-corrected chi connectivity index (χ1v) is 10.0. The van der Waals surface area contributed by atoms with Crippen molar-refractivity contribution >= 4 is 17.5 Å². The standard InChI is InChI=1S/C21H28ClN3O/c1-2-11-24-12-4-3-10-19(24)21(26)23-16-20(25-13-5-6-14-25)17-8-7-9-18(22)15-17/h1,7-9,15,19-20H,3-6,10-14,16H2,(H,23,26). The molecule has 26 heavy (non-hydrogen) atoms. The molecule has 0 aromatic heterocycles. The molecule has 2 heterocycles. The molecular weight excluding hydrogens is 346 g/mol. The second kappa shape index (κ2) is 9.41. The van der Waals surface area contributed by atoms with Crippen LogP contribution in [-0.4, -0.2) is 54.5 Å². The van der Waals surface area contributed by atoms with Gasteiger partial charge in [0.05, 0.1) is 18.6 Å². The first kappa shape index (κ1) is 19.2. The number of amides is 1. The van der Waals surface area contributed by atoms with Crippen molar-refractivity contribution in [2.45, 2.75) is 44.2 Å². The third-order valence-corrected chi connectivity index (χ3v) is 5.73. The average Bonchev–Trinajstić information content (AvgIpc) is 3.17. The van der Waals surface area contributed by atoms with Gasteiger partial charge in [-0.2, -0.15) is 0 Å². The van der Waals surface area contributed by atoms with Crippen LogP contribution in [0.25, 0.3) is 0 Å². The molecule has 2 unspecified atom stereocenters. The Labute approximate surface area is 161 Å². The van der Waals surface area contributed by atoms with Crippen LogP contribution in [0.15, 0.2) is 24.3 Å². The van der Waals surface area contributed by atoms with Gasteiger partial charge in [-0.1, -0.05) is 36.1 Å². The molecule has 0 radical (unpaired) electrons. The summed E-state index contributed by atoms with van der Waals surface area (Å²) < 4.78 is 0. The van der Waals surface area contributed by atoms with Gasteiger partial charge >= 0.3 is 0 Å². The van der Waals surface area contributed by atoms with Gasteiger partial charge in [0.25, 0.3) is 0 Å². The van der Waals surface area contributed by atoms with E-state index in [-0.39, 0.29) is 18.0 Å². The van der Waals surface area contributed by atoms with E-state index in [0.717, 1.165) is 43.9 Å². The van der Waals surface area contributed by atoms with Gasteiger partial charge in [0.15, 0.2) is 0 Å². The maximum absolute atomic E-state index is 12.8. The lowest BCUT2D eigenvalue weighted by molar-refractivity contribution is -0.127. The van der Waals surface area contributed by atoms with E-state index in [1.165, 1.54) is 18.4 Å². The zero-order chi connectivity index (χ0) is 18.4. The van der Waals surface area contributed by atoms with Gasteiger partial charge in [0, 0.05) is 11.6 Å². The molecular formula is C21H28ClN3O. The fraction of sp³-hybridized carbons (Fsp3) is 0.571. The van der Waals surface area contributed by atoms with Crippen LogP contribution in [-0.2, 0) is 4.79 Å². The molecule has 2 aliphatic rings. The Bertz CT molecular complexity index is 651. The van der Waals surface area contributed by atoms with E-state index >= 15 is 0 Å². The van der Waals surface area contributed by atoms with Crippen LogP contribution in [0.1, 0.15) is 43.7 Å². The fourth-order valence-electron chi connectivity index (χ4n) is 4.13. The lowest BCUT2D eigenvalue weighted by Crippen LogP contribution is -2.50. The van der Waals surface area contributed by atoms with Crippen LogP contribution >= 0.6 is 11.6 Å². The summed E-state index contributed by atoms with van der Waals surface area (Å²) in [5.41, 5.74) is 1.17. The van der Waals surface area contributed by atoms with Crippen LogP contribution < -0.4 is 5.32 Å². The minimum Gasteiger partial charge on any atom is -0.353 e. The largest absolute Gasteiger partial charge is 0.353 e. The summed E-state index contributed by atoms with van der Waals surface area (Å²) in [6.07, 6.45) is 11.0. The number of nitrogens with zero attached hydrogens (tertiary/aromatic N) is 2. The van der Waals surface area contributed by atoms with Gasteiger partial charge < -0.3 is 5.32 Å². The smallest absolute Gasteiger partial charge is 0.237 e. The van der Waals surface area contributed by atoms with E-state index in [4.69, 9.17) is 18.0 Å². The molecule has 1 N–H and O–H groups in total. The summed E-state index contributed by atoms with van der Waals surface area (Å²) >= 11 is 6.20. The van der Waals surface area contributed by atoms with Gasteiger partial charge in [-0.15, -0.1) is 6.42 Å². The molecule has 4 nitrogen and oxygen atoms in total. The van der Waals surface area contributed by atoms with Gasteiger partial charge in [0.2, 0.25) is 5.91 Å². The highest BCUT2D eigenvalue weighted by molar-refractivity contribution is 6.30. The highest BCUT2D eigenvalue weighted by Crippen LogP contribution is 2.26. The van der Waals surface area contributed by atoms with Crippen LogP contribution in [0.5, 0.6) is 0 Å². The van der Waals surface area contributed by atoms with E-state index < -0.39 is 0 Å². The quantitative estimate of drug-likeness (QED) is 0.778. The third kappa shape index (κ3) is 4.79. The molecule has 140 valence electrons. The molecule has 2 fully saturated rings. The van der Waals surface area contributed by atoms with Gasteiger partial charge in [-0.25, -0.2) is 0 Å². The topological polar surface area (TPSA) is 35.6 Å². The Morgan fingerprint density at radius 1 is 1.27 bits per heavy atom. The van der Waals surface area contributed by atoms with Crippen molar-refractivity contribution in [3.63, 3.8) is 0 Å². The molecule has 0 aliphatic carbocycles. The number of terminal acetylenes is 1. The van der Waals surface area contributed by atoms with Crippen molar-refractivity contribution in [3.8, 4) is 12.3 Å². The first-order valence-electron chi connectivity index (χ1n) is 9.64. The Kier molecular flexibility index (Phi) is 6.96. The van der Waals surface area contributed by atoms with Crippen LogP contribution in [0.4, 0.5) is 0 Å². The van der Waals surface area contributed by atoms with E-state index in [1.54, 1.807) is 0 Å². The summed E-state index contributed by atoms with van der Waals surface area (Å²) in [6, 6.07) is 8.07. The van der Waals surface area contributed by atoms with E-state index in [1.807, 2.05) is 18.2 Å². The van der Waals surface area contributed by atoms with Crippen molar-refractivity contribution in [1.29, 1.82) is 0 Å². The number of rotatable bonds is 6. The Hall–Kier alpha value is -1.54. The van der Waals surface area contributed by atoms with Crippen LogP contribution in [0.3, 0.4) is 0 Å². The number of halogens is 1. The molecule has 2 atom stereocenters. The number of benzene rings is 1. The molecule has 1 aromatic rings. The van der Waals surface area contributed by atoms with Crippen molar-refractivity contribution < 1.29 is 4.79 Å². The monoisotopic (exact) mass is 373 g/mol. The minimum atomic E-state index is -0.0987. The zero-order valence-electron chi connectivity index (χ0n) is 15.3. The highest BCUT2D eigenvalue weighted by atomic mass is 35.5. The van der Waals surface area contributed by atoms with Crippen LogP contribution in [0, 0.1) is 12.3 Å². The third-order valence-electron chi connectivity index (χ3n) is 5.50. The summed E-state index contributed by atoms with van der Waals surface area (Å²) in [4.78, 5) is 17.4. The number of carbonyl (C=O) groups is 1. The summed E-state index contributed by atoms with van der Waals surface area (Å²) in [5, 5.41) is 3.94. The first-order chi connectivity index (χ1) is 12.7. The molecule has 1 amide bonds. The Morgan fingerprint density at radius 2 is 2.04 bits per heavy atom. The molecule has 2 aliphatic heterocycles. The van der Waals surface area contributed by atoms with Gasteiger partial charge in [0.1, 0.15) is 0 Å². The number of hydrogen-bond donors (Lipinski definition) is 1. The van der Waals surface area contributed by atoms with E-state index in [9.17, 15) is 4.79 Å². The highest BCUT2D eigenvalue weighted by Gasteiger charge is 2.30. The van der Waals surface area contributed by atoms with Crippen LogP contribution in [0.2, 0.25) is 5.02 Å². The second-order valence-electron chi connectivity index (χ2n) is 7.25. The molecule has 2 saturated heterocycles. The summed E-state index contributed by atoms with van der Waals surface area (Å²) in [5.74, 6) is 2.79. The summed E-state index contributed by atoms with van der Waals surface area (Å²) in [7, 11) is 0. The Morgan fingerprint density at radius 3 is 2.77 bits per heavy atom. The predicted molar refractivity (Wildman–Crippen MR) is 106 cm³/mol. The van der Waals surface area contributed by atoms with Crippen molar-refractivity contribution in [2.24, 2.45) is 0 Å². The molecule has 0 saturated carbocycles. The number of likely N-dealkylation sites (tertiary alicyclic amines) is 2. The number of nitrogens with one attached hydrogen (secondary N) is 1. The molecule has 5 heteroatoms. The predicted octanol–water partition coefficient (Wildman–Crippen LogP) is 3.08. The molecule has 0 bridgehead atoms. The lowest BCUT2D eigenvalue weighted by atomic mass is 10.0. The molecule has 1 aromatic carbocycles. The summed E-state index contributed by atoms with van der Waals surface area (Å²) in [6.45, 7) is 4.20. The van der Waals surface area contributed by atoms with E-state index in [0.29, 0.717) is 13.1 Å². The number of hydrogen-bond acceptors (Lipinski definition) is 3. The number of piperidine rings is 1. The minimum absolute atomic E-state index is 0.0987. The number of carbonyl (C=O) groups excluding carboxylic acids is 1. The zero-order valence-corrected chi connectivity index (χ0v) is 16.0. The van der Waals surface area contributed by atoms with Gasteiger partial charge in [-0.3, -0.25) is 14.6 Å². The van der Waals surface area contributed by atoms with E-state index in [2.05, 4.69) is 27.1 Å². The maximum atomic E-state index is 12.8. The normalized spacial score (nSPS) is 22.7. The van der Waals surface area contributed by atoms with Gasteiger partial charge in [-0.05, 0) is 63.0 Å². The van der Waals surface area contributed by atoms with Crippen molar-refractivity contribution in [2.75, 3.05) is 32.7 Å². The molecule has 3 rings (SSSR count). The maximum Gasteiger partial charge on any atom is 0.237 e. The lowest BCUT2D eigenvalue weighted by Gasteiger charge is -2.34. The van der Waals surface area contributed by atoms with Crippen molar-refractivity contribution in [1.82, 2.24) is 15.1 Å².